The van der Waals surface area contributed by atoms with E-state index in [0.717, 1.165) is 25.8 Å². The van der Waals surface area contributed by atoms with Gasteiger partial charge < -0.3 is 5.32 Å². The van der Waals surface area contributed by atoms with Crippen LogP contribution in [0.2, 0.25) is 0 Å². The third-order valence-electron chi connectivity index (χ3n) is 3.28. The molecule has 17 heavy (non-hydrogen) atoms. The van der Waals surface area contributed by atoms with E-state index in [0.29, 0.717) is 0 Å². The lowest BCUT2D eigenvalue weighted by atomic mass is 10.0. The fraction of sp³-hybridized carbons (Fsp3) is 0.833. The summed E-state index contributed by atoms with van der Waals surface area (Å²) in [6.45, 7) is 4.86. The number of nitrogens with zero attached hydrogens (tertiary/aromatic N) is 1. The number of amides is 1. The minimum atomic E-state index is -0.363. The van der Waals surface area contributed by atoms with Crippen molar-refractivity contribution in [2.45, 2.75) is 45.2 Å². The summed E-state index contributed by atoms with van der Waals surface area (Å²) >= 11 is 1.76. The molecule has 0 saturated carbocycles. The lowest BCUT2D eigenvalue weighted by Crippen LogP contribution is -2.52. The van der Waals surface area contributed by atoms with Crippen LogP contribution in [-0.4, -0.2) is 40.3 Å². The van der Waals surface area contributed by atoms with E-state index in [4.69, 9.17) is 0 Å². The smallest absolute Gasteiger partial charge is 0.237 e. The minimum absolute atomic E-state index is 0.00378. The summed E-state index contributed by atoms with van der Waals surface area (Å²) in [7, 11) is 1.97. The van der Waals surface area contributed by atoms with Crippen molar-refractivity contribution in [3.63, 3.8) is 0 Å². The predicted molar refractivity (Wildman–Crippen MR) is 76.1 cm³/mol. The molecule has 1 aliphatic heterocycles. The molecule has 1 heterocycles. The first kappa shape index (κ1) is 14.9. The Morgan fingerprint density at radius 3 is 2.47 bits per heavy atom. The Kier molecular flexibility index (Phi) is 5.85. The van der Waals surface area contributed by atoms with Crippen LogP contribution in [0.4, 0.5) is 0 Å². The van der Waals surface area contributed by atoms with Crippen LogP contribution < -0.4 is 5.32 Å². The van der Waals surface area contributed by atoms with Gasteiger partial charge in [0.05, 0.1) is 12.1 Å². The molecule has 4 nitrogen and oxygen atoms in total. The first-order valence-electron chi connectivity index (χ1n) is 6.13. The largest absolute Gasteiger partial charge is 0.344 e. The fourth-order valence-corrected chi connectivity index (χ4v) is 3.02. The van der Waals surface area contributed by atoms with Gasteiger partial charge in [0.1, 0.15) is 0 Å². The quantitative estimate of drug-likeness (QED) is 0.617. The second kappa shape index (κ2) is 6.68. The van der Waals surface area contributed by atoms with Gasteiger partial charge in [0.2, 0.25) is 9.70 Å². The molecule has 0 aromatic heterocycles. The van der Waals surface area contributed by atoms with Crippen LogP contribution in [0.3, 0.4) is 0 Å². The molecule has 98 valence electrons. The highest BCUT2D eigenvalue weighted by Gasteiger charge is 2.29. The summed E-state index contributed by atoms with van der Waals surface area (Å²) in [6, 6.07) is -0.431. The number of carbonyl (C=O) groups excluding carboxylic acids is 2. The molecular formula is C12H21IN2O2. The van der Waals surface area contributed by atoms with Crippen molar-refractivity contribution in [2.75, 3.05) is 13.6 Å². The van der Waals surface area contributed by atoms with Crippen LogP contribution in [0.25, 0.3) is 0 Å². The second-order valence-electron chi connectivity index (χ2n) is 5.03. The van der Waals surface area contributed by atoms with Gasteiger partial charge in [-0.15, -0.1) is 0 Å². The maximum atomic E-state index is 12.1. The van der Waals surface area contributed by atoms with Crippen molar-refractivity contribution in [1.29, 1.82) is 0 Å². The number of hydrogen-bond donors (Lipinski definition) is 1. The van der Waals surface area contributed by atoms with Crippen LogP contribution in [0.15, 0.2) is 0 Å². The molecule has 1 saturated heterocycles. The Morgan fingerprint density at radius 1 is 1.35 bits per heavy atom. The Morgan fingerprint density at radius 2 is 2.00 bits per heavy atom. The van der Waals surface area contributed by atoms with E-state index < -0.39 is 0 Å². The number of likely N-dealkylation sites (tertiary alicyclic amines) is 1. The van der Waals surface area contributed by atoms with E-state index in [1.165, 1.54) is 0 Å². The van der Waals surface area contributed by atoms with Gasteiger partial charge in [-0.05, 0) is 32.4 Å². The van der Waals surface area contributed by atoms with Gasteiger partial charge in [0.15, 0.2) is 0 Å². The van der Waals surface area contributed by atoms with E-state index in [2.05, 4.69) is 10.2 Å². The number of nitrogens with one attached hydrogen (secondary N) is 1. The van der Waals surface area contributed by atoms with Gasteiger partial charge in [0, 0.05) is 22.6 Å². The fourth-order valence-electron chi connectivity index (χ4n) is 2.14. The SMILES string of the molecule is CC(C)[C@H](NC(=O)[C@H]1CCCCN1C)C(=O)I. The maximum absolute atomic E-state index is 12.1. The summed E-state index contributed by atoms with van der Waals surface area (Å²) in [5.74, 6) is 0.133. The summed E-state index contributed by atoms with van der Waals surface area (Å²) in [5, 5.41) is 2.88. The number of halogens is 1. The molecule has 5 heteroatoms. The topological polar surface area (TPSA) is 49.4 Å². The van der Waals surface area contributed by atoms with Gasteiger partial charge in [-0.25, -0.2) is 0 Å². The zero-order chi connectivity index (χ0) is 13.0. The second-order valence-corrected chi connectivity index (χ2v) is 6.09. The molecule has 1 aliphatic rings. The van der Waals surface area contributed by atoms with E-state index >= 15 is 0 Å². The summed E-state index contributed by atoms with van der Waals surface area (Å²) in [6.07, 6.45) is 3.13. The van der Waals surface area contributed by atoms with Crippen molar-refractivity contribution in [1.82, 2.24) is 10.2 Å². The van der Waals surface area contributed by atoms with Crippen molar-refractivity contribution in [2.24, 2.45) is 5.92 Å². The van der Waals surface area contributed by atoms with Crippen molar-refractivity contribution >= 4 is 32.3 Å². The Bertz CT molecular complexity index is 294. The predicted octanol–water partition coefficient (Wildman–Crippen LogP) is 1.57. The van der Waals surface area contributed by atoms with Crippen LogP contribution in [0.5, 0.6) is 0 Å². The molecular weight excluding hydrogens is 331 g/mol. The van der Waals surface area contributed by atoms with E-state index in [1.807, 2.05) is 20.9 Å². The number of likely N-dealkylation sites (N-methyl/N-ethyl adjacent to an activating group) is 1. The van der Waals surface area contributed by atoms with Crippen LogP contribution in [-0.2, 0) is 9.59 Å². The lowest BCUT2D eigenvalue weighted by Gasteiger charge is -2.32. The molecule has 1 N–H and O–H groups in total. The molecule has 2 atom stereocenters. The monoisotopic (exact) mass is 352 g/mol. The average molecular weight is 352 g/mol. The summed E-state index contributed by atoms with van der Waals surface area (Å²) in [4.78, 5) is 25.6. The van der Waals surface area contributed by atoms with E-state index in [9.17, 15) is 9.59 Å². The average Bonchev–Trinajstić information content (AvgIpc) is 2.25. The summed E-state index contributed by atoms with van der Waals surface area (Å²) in [5.41, 5.74) is 0. The Balaban J connectivity index is 2.60. The van der Waals surface area contributed by atoms with Gasteiger partial charge in [0.25, 0.3) is 0 Å². The van der Waals surface area contributed by atoms with Crippen molar-refractivity contribution in [3.8, 4) is 0 Å². The third-order valence-corrected chi connectivity index (χ3v) is 3.95. The highest BCUT2D eigenvalue weighted by atomic mass is 127. The number of carbonyl (C=O) groups is 2. The molecule has 0 aromatic carbocycles. The molecule has 0 radical (unpaired) electrons. The zero-order valence-corrected chi connectivity index (χ0v) is 12.9. The third kappa shape index (κ3) is 4.21. The molecule has 1 amide bonds. The van der Waals surface area contributed by atoms with Gasteiger partial charge in [-0.3, -0.25) is 14.5 Å². The first-order chi connectivity index (χ1) is 7.93. The van der Waals surface area contributed by atoms with Crippen LogP contribution in [0, 0.1) is 5.92 Å². The van der Waals surface area contributed by atoms with Crippen LogP contribution >= 0.6 is 22.6 Å². The van der Waals surface area contributed by atoms with Crippen LogP contribution in [0.1, 0.15) is 33.1 Å². The zero-order valence-electron chi connectivity index (χ0n) is 10.7. The molecule has 0 aliphatic carbocycles. The number of piperidine rings is 1. The Labute approximate surface area is 117 Å². The number of rotatable bonds is 4. The molecule has 0 unspecified atom stereocenters. The van der Waals surface area contributed by atoms with E-state index in [-0.39, 0.29) is 27.7 Å². The molecule has 1 fully saturated rings. The minimum Gasteiger partial charge on any atom is -0.344 e. The molecule has 1 rings (SSSR count). The van der Waals surface area contributed by atoms with E-state index in [1.54, 1.807) is 22.6 Å². The molecule has 0 aromatic rings. The standard InChI is InChI=1S/C12H21IN2O2/c1-8(2)10(11(13)16)14-12(17)9-6-4-5-7-15(9)3/h8-10H,4-7H2,1-3H3,(H,14,17)/t9-,10+/m1/s1. The molecule has 0 bridgehead atoms. The molecule has 0 spiro atoms. The van der Waals surface area contributed by atoms with Gasteiger partial charge in [-0.2, -0.15) is 0 Å². The van der Waals surface area contributed by atoms with Gasteiger partial charge in [-0.1, -0.05) is 20.3 Å². The van der Waals surface area contributed by atoms with Crippen molar-refractivity contribution in [3.05, 3.63) is 0 Å². The highest BCUT2D eigenvalue weighted by molar-refractivity contribution is 14.1. The first-order valence-corrected chi connectivity index (χ1v) is 7.21. The van der Waals surface area contributed by atoms with Gasteiger partial charge >= 0.3 is 0 Å². The lowest BCUT2D eigenvalue weighted by molar-refractivity contribution is -0.130. The summed E-state index contributed by atoms with van der Waals surface area (Å²) < 4.78 is 0.00409. The normalized spacial score (nSPS) is 23.5. The maximum Gasteiger partial charge on any atom is 0.237 e. The number of hydrogen-bond acceptors (Lipinski definition) is 3. The van der Waals surface area contributed by atoms with Crippen molar-refractivity contribution < 1.29 is 9.59 Å². The Hall–Kier alpha value is -0.170. The highest BCUT2D eigenvalue weighted by Crippen LogP contribution is 2.16.